The van der Waals surface area contributed by atoms with Crippen LogP contribution < -0.4 is 5.32 Å². The number of rotatable bonds is 5. The average Bonchev–Trinajstić information content (AvgIpc) is 2.53. The molecule has 1 aromatic heterocycles. The summed E-state index contributed by atoms with van der Waals surface area (Å²) in [5.41, 5.74) is 0. The summed E-state index contributed by atoms with van der Waals surface area (Å²) < 4.78 is 1.01. The van der Waals surface area contributed by atoms with Gasteiger partial charge in [-0.1, -0.05) is 28.6 Å². The lowest BCUT2D eigenvalue weighted by Crippen LogP contribution is -2.28. The molecule has 0 bridgehead atoms. The van der Waals surface area contributed by atoms with Gasteiger partial charge in [-0.05, 0) is 24.8 Å². The third-order valence-corrected chi connectivity index (χ3v) is 2.91. The lowest BCUT2D eigenvalue weighted by molar-refractivity contribution is 0.583. The van der Waals surface area contributed by atoms with Gasteiger partial charge in [-0.2, -0.15) is 0 Å². The Balaban J connectivity index is 2.25. The maximum absolute atomic E-state index is 3.78. The number of hydrogen-bond donors (Lipinski definition) is 1. The largest absolute Gasteiger partial charge is 0.309 e. The van der Waals surface area contributed by atoms with Crippen LogP contribution in [0.3, 0.4) is 0 Å². The van der Waals surface area contributed by atoms with E-state index in [9.17, 15) is 0 Å². The van der Waals surface area contributed by atoms with Gasteiger partial charge in [0.15, 0.2) is 0 Å². The summed E-state index contributed by atoms with van der Waals surface area (Å²) in [5.74, 6) is 0. The molecule has 1 atom stereocenters. The van der Waals surface area contributed by atoms with E-state index < -0.39 is 0 Å². The SMILES string of the molecule is C=C(Br)CNC(C)Cc1cccs1. The van der Waals surface area contributed by atoms with E-state index in [0.29, 0.717) is 6.04 Å². The molecule has 1 rings (SSSR count). The van der Waals surface area contributed by atoms with Gasteiger partial charge in [0.1, 0.15) is 0 Å². The zero-order valence-electron chi connectivity index (χ0n) is 7.72. The van der Waals surface area contributed by atoms with Gasteiger partial charge in [-0.15, -0.1) is 11.3 Å². The highest BCUT2D eigenvalue weighted by Crippen LogP contribution is 2.11. The van der Waals surface area contributed by atoms with Gasteiger partial charge in [-0.25, -0.2) is 0 Å². The third kappa shape index (κ3) is 4.60. The number of thiophene rings is 1. The van der Waals surface area contributed by atoms with E-state index in [0.717, 1.165) is 17.4 Å². The van der Waals surface area contributed by atoms with Crippen LogP contribution in [-0.4, -0.2) is 12.6 Å². The molecule has 0 aliphatic heterocycles. The standard InChI is InChI=1S/C10H14BrNS/c1-8(11)7-12-9(2)6-10-4-3-5-13-10/h3-5,9,12H,1,6-7H2,2H3. The van der Waals surface area contributed by atoms with E-state index in [-0.39, 0.29) is 0 Å². The summed E-state index contributed by atoms with van der Waals surface area (Å²) in [7, 11) is 0. The van der Waals surface area contributed by atoms with Crippen molar-refractivity contribution >= 4 is 27.3 Å². The van der Waals surface area contributed by atoms with Crippen molar-refractivity contribution in [2.24, 2.45) is 0 Å². The molecule has 0 aromatic carbocycles. The Morgan fingerprint density at radius 3 is 3.08 bits per heavy atom. The van der Waals surface area contributed by atoms with Crippen LogP contribution in [0.4, 0.5) is 0 Å². The molecule has 3 heteroatoms. The van der Waals surface area contributed by atoms with Gasteiger partial charge in [0.2, 0.25) is 0 Å². The van der Waals surface area contributed by atoms with Crippen LogP contribution in [0.15, 0.2) is 28.6 Å². The number of nitrogens with one attached hydrogen (secondary N) is 1. The molecule has 0 saturated heterocycles. The minimum absolute atomic E-state index is 0.507. The van der Waals surface area contributed by atoms with Crippen molar-refractivity contribution in [1.82, 2.24) is 5.32 Å². The van der Waals surface area contributed by atoms with Crippen molar-refractivity contribution in [3.63, 3.8) is 0 Å². The normalized spacial score (nSPS) is 12.8. The molecule has 0 radical (unpaired) electrons. The van der Waals surface area contributed by atoms with E-state index >= 15 is 0 Å². The van der Waals surface area contributed by atoms with Crippen LogP contribution in [0.25, 0.3) is 0 Å². The van der Waals surface area contributed by atoms with Crippen molar-refractivity contribution in [1.29, 1.82) is 0 Å². The molecule has 13 heavy (non-hydrogen) atoms. The fourth-order valence-electron chi connectivity index (χ4n) is 1.09. The fraction of sp³-hybridized carbons (Fsp3) is 0.400. The monoisotopic (exact) mass is 259 g/mol. The Labute approximate surface area is 92.0 Å². The fourth-order valence-corrected chi connectivity index (χ4v) is 2.08. The zero-order chi connectivity index (χ0) is 9.68. The highest BCUT2D eigenvalue weighted by molar-refractivity contribution is 9.11. The predicted molar refractivity (Wildman–Crippen MR) is 63.6 cm³/mol. The molecule has 1 aromatic rings. The maximum atomic E-state index is 3.78. The second-order valence-electron chi connectivity index (χ2n) is 3.08. The molecule has 72 valence electrons. The average molecular weight is 260 g/mol. The summed E-state index contributed by atoms with van der Waals surface area (Å²) in [6.07, 6.45) is 1.10. The molecule has 0 amide bonds. The van der Waals surface area contributed by atoms with Crippen molar-refractivity contribution in [2.75, 3.05) is 6.54 Å². The molecular weight excluding hydrogens is 246 g/mol. The Morgan fingerprint density at radius 1 is 1.77 bits per heavy atom. The second kappa shape index (κ2) is 5.58. The lowest BCUT2D eigenvalue weighted by atomic mass is 10.2. The number of halogens is 1. The first-order chi connectivity index (χ1) is 6.18. The molecule has 0 spiro atoms. The molecule has 0 saturated carbocycles. The molecule has 0 aliphatic carbocycles. The van der Waals surface area contributed by atoms with Crippen molar-refractivity contribution in [3.05, 3.63) is 33.5 Å². The van der Waals surface area contributed by atoms with Crippen molar-refractivity contribution in [3.8, 4) is 0 Å². The summed E-state index contributed by atoms with van der Waals surface area (Å²) in [4.78, 5) is 1.43. The highest BCUT2D eigenvalue weighted by atomic mass is 79.9. The predicted octanol–water partition coefficient (Wildman–Crippen LogP) is 3.18. The van der Waals surface area contributed by atoms with Gasteiger partial charge in [0, 0.05) is 21.9 Å². The first-order valence-corrected chi connectivity index (χ1v) is 5.95. The van der Waals surface area contributed by atoms with Crippen LogP contribution >= 0.6 is 27.3 Å². The summed E-state index contributed by atoms with van der Waals surface area (Å²) >= 11 is 5.14. The van der Waals surface area contributed by atoms with Gasteiger partial charge in [-0.3, -0.25) is 0 Å². The van der Waals surface area contributed by atoms with Gasteiger partial charge in [0.25, 0.3) is 0 Å². The van der Waals surface area contributed by atoms with E-state index in [4.69, 9.17) is 0 Å². The Kier molecular flexibility index (Phi) is 4.70. The Hall–Kier alpha value is -0.120. The van der Waals surface area contributed by atoms with E-state index in [2.05, 4.69) is 52.3 Å². The van der Waals surface area contributed by atoms with Crippen LogP contribution in [0, 0.1) is 0 Å². The molecule has 1 nitrogen and oxygen atoms in total. The topological polar surface area (TPSA) is 12.0 Å². The van der Waals surface area contributed by atoms with Crippen LogP contribution in [0.2, 0.25) is 0 Å². The lowest BCUT2D eigenvalue weighted by Gasteiger charge is -2.11. The summed E-state index contributed by atoms with van der Waals surface area (Å²) in [6, 6.07) is 4.77. The first kappa shape index (κ1) is 11.0. The quantitative estimate of drug-likeness (QED) is 0.857. The third-order valence-electron chi connectivity index (χ3n) is 1.73. The summed E-state index contributed by atoms with van der Waals surface area (Å²) in [6.45, 7) is 6.81. The number of hydrogen-bond acceptors (Lipinski definition) is 2. The second-order valence-corrected chi connectivity index (χ2v) is 5.24. The summed E-state index contributed by atoms with van der Waals surface area (Å²) in [5, 5.41) is 5.50. The minimum atomic E-state index is 0.507. The van der Waals surface area contributed by atoms with Gasteiger partial charge >= 0.3 is 0 Å². The first-order valence-electron chi connectivity index (χ1n) is 4.27. The Morgan fingerprint density at radius 2 is 2.54 bits per heavy atom. The van der Waals surface area contributed by atoms with Crippen molar-refractivity contribution in [2.45, 2.75) is 19.4 Å². The zero-order valence-corrected chi connectivity index (χ0v) is 10.1. The molecule has 1 unspecified atom stereocenters. The smallest absolute Gasteiger partial charge is 0.0268 e. The van der Waals surface area contributed by atoms with Gasteiger partial charge in [0.05, 0.1) is 0 Å². The van der Waals surface area contributed by atoms with Crippen LogP contribution in [0.1, 0.15) is 11.8 Å². The van der Waals surface area contributed by atoms with Crippen LogP contribution in [0.5, 0.6) is 0 Å². The molecule has 1 N–H and O–H groups in total. The van der Waals surface area contributed by atoms with Crippen molar-refractivity contribution < 1.29 is 0 Å². The maximum Gasteiger partial charge on any atom is 0.0268 e. The van der Waals surface area contributed by atoms with E-state index in [1.165, 1.54) is 4.88 Å². The van der Waals surface area contributed by atoms with E-state index in [1.54, 1.807) is 0 Å². The molecule has 0 fully saturated rings. The van der Waals surface area contributed by atoms with Gasteiger partial charge < -0.3 is 5.32 Å². The Bertz CT molecular complexity index is 256. The molecule has 1 heterocycles. The molecule has 0 aliphatic rings. The molecular formula is C10H14BrNS. The highest BCUT2D eigenvalue weighted by Gasteiger charge is 2.02. The minimum Gasteiger partial charge on any atom is -0.309 e. The van der Waals surface area contributed by atoms with E-state index in [1.807, 2.05) is 11.3 Å². The van der Waals surface area contributed by atoms with Crippen LogP contribution in [-0.2, 0) is 6.42 Å².